The monoisotopic (exact) mass is 177 g/mol. The number of rotatable bonds is 0. The van der Waals surface area contributed by atoms with Gasteiger partial charge in [-0.3, -0.25) is 0 Å². The van der Waals surface area contributed by atoms with Crippen LogP contribution in [0.1, 0.15) is 11.1 Å². The third-order valence-corrected chi connectivity index (χ3v) is 2.69. The number of hydrogen-bond acceptors (Lipinski definition) is 3. The Labute approximate surface area is 76.4 Å². The molecule has 68 valence electrons. The molecule has 0 saturated carbocycles. The van der Waals surface area contributed by atoms with Crippen LogP contribution in [0.25, 0.3) is 0 Å². The zero-order valence-corrected chi connectivity index (χ0v) is 7.25. The summed E-state index contributed by atoms with van der Waals surface area (Å²) in [6, 6.07) is 4.32. The molecule has 1 aliphatic heterocycles. The highest BCUT2D eigenvalue weighted by molar-refractivity contribution is 5.54. The van der Waals surface area contributed by atoms with Gasteiger partial charge in [0.15, 0.2) is 11.5 Å². The van der Waals surface area contributed by atoms with Crippen LogP contribution >= 0.6 is 0 Å². The molecule has 0 saturated heterocycles. The lowest BCUT2D eigenvalue weighted by Crippen LogP contribution is -2.19. The fourth-order valence-electron chi connectivity index (χ4n) is 2.10. The highest BCUT2D eigenvalue weighted by Crippen LogP contribution is 2.40. The Bertz CT molecular complexity index is 362. The molecule has 0 amide bonds. The molecule has 0 unspecified atom stereocenters. The van der Waals surface area contributed by atoms with Gasteiger partial charge in [-0.05, 0) is 24.5 Å². The molecule has 1 aliphatic carbocycles. The van der Waals surface area contributed by atoms with Gasteiger partial charge in [0.25, 0.3) is 0 Å². The van der Waals surface area contributed by atoms with E-state index in [1.54, 1.807) is 0 Å². The summed E-state index contributed by atoms with van der Waals surface area (Å²) in [7, 11) is 0. The smallest absolute Gasteiger partial charge is 0.231 e. The predicted octanol–water partition coefficient (Wildman–Crippen LogP) is 0.841. The standard InChI is InChI=1S/C10H11NO2/c11-7-3-6-1-2-9-10(8(6)4-7)13-5-12-9/h1-2,7H,3-5,11H2/t7-/m0/s1. The molecule has 0 bridgehead atoms. The molecule has 0 aromatic heterocycles. The Kier molecular flexibility index (Phi) is 1.32. The van der Waals surface area contributed by atoms with E-state index >= 15 is 0 Å². The maximum atomic E-state index is 5.88. The van der Waals surface area contributed by atoms with Crippen molar-refractivity contribution < 1.29 is 9.47 Å². The second-order valence-corrected chi connectivity index (χ2v) is 3.61. The number of benzene rings is 1. The Morgan fingerprint density at radius 3 is 3.08 bits per heavy atom. The molecule has 0 radical (unpaired) electrons. The van der Waals surface area contributed by atoms with E-state index < -0.39 is 0 Å². The average molecular weight is 177 g/mol. The SMILES string of the molecule is N[C@H]1Cc2ccc3c(c2C1)OCO3. The molecule has 3 rings (SSSR count). The van der Waals surface area contributed by atoms with Crippen LogP contribution in [-0.2, 0) is 12.8 Å². The summed E-state index contributed by atoms with van der Waals surface area (Å²) in [6.07, 6.45) is 1.88. The lowest BCUT2D eigenvalue weighted by Gasteiger charge is -2.02. The van der Waals surface area contributed by atoms with Gasteiger partial charge >= 0.3 is 0 Å². The van der Waals surface area contributed by atoms with Crippen LogP contribution in [0.3, 0.4) is 0 Å². The van der Waals surface area contributed by atoms with E-state index in [-0.39, 0.29) is 6.04 Å². The summed E-state index contributed by atoms with van der Waals surface area (Å²) < 4.78 is 10.7. The molecule has 1 aromatic carbocycles. The molecular formula is C10H11NO2. The number of ether oxygens (including phenoxy) is 2. The molecule has 1 heterocycles. The van der Waals surface area contributed by atoms with Crippen LogP contribution in [-0.4, -0.2) is 12.8 Å². The summed E-state index contributed by atoms with van der Waals surface area (Å²) in [6.45, 7) is 0.348. The van der Waals surface area contributed by atoms with Crippen LogP contribution < -0.4 is 15.2 Å². The van der Waals surface area contributed by atoms with Crippen molar-refractivity contribution in [3.8, 4) is 11.5 Å². The molecule has 3 nitrogen and oxygen atoms in total. The second-order valence-electron chi connectivity index (χ2n) is 3.61. The molecule has 0 fully saturated rings. The van der Waals surface area contributed by atoms with E-state index in [9.17, 15) is 0 Å². The van der Waals surface area contributed by atoms with Crippen LogP contribution in [0.5, 0.6) is 11.5 Å². The Morgan fingerprint density at radius 2 is 2.15 bits per heavy atom. The molecule has 2 N–H and O–H groups in total. The van der Waals surface area contributed by atoms with Crippen molar-refractivity contribution in [2.45, 2.75) is 18.9 Å². The maximum absolute atomic E-state index is 5.88. The molecule has 13 heavy (non-hydrogen) atoms. The van der Waals surface area contributed by atoms with Gasteiger partial charge in [-0.25, -0.2) is 0 Å². The minimum absolute atomic E-state index is 0.255. The minimum atomic E-state index is 0.255. The molecule has 0 spiro atoms. The van der Waals surface area contributed by atoms with E-state index in [0.29, 0.717) is 6.79 Å². The summed E-state index contributed by atoms with van der Waals surface area (Å²) in [5, 5.41) is 0. The van der Waals surface area contributed by atoms with Gasteiger partial charge in [0, 0.05) is 11.6 Å². The van der Waals surface area contributed by atoms with Crippen LogP contribution in [0.2, 0.25) is 0 Å². The van der Waals surface area contributed by atoms with Gasteiger partial charge < -0.3 is 15.2 Å². The van der Waals surface area contributed by atoms with Crippen molar-refractivity contribution in [3.05, 3.63) is 23.3 Å². The van der Waals surface area contributed by atoms with Crippen molar-refractivity contribution in [1.29, 1.82) is 0 Å². The van der Waals surface area contributed by atoms with Crippen LogP contribution in [0.4, 0.5) is 0 Å². The average Bonchev–Trinajstić information content (AvgIpc) is 2.65. The van der Waals surface area contributed by atoms with Crippen LogP contribution in [0.15, 0.2) is 12.1 Å². The Balaban J connectivity index is 2.16. The lowest BCUT2D eigenvalue weighted by atomic mass is 10.1. The van der Waals surface area contributed by atoms with Crippen molar-refractivity contribution in [3.63, 3.8) is 0 Å². The van der Waals surface area contributed by atoms with Gasteiger partial charge in [0.1, 0.15) is 0 Å². The van der Waals surface area contributed by atoms with E-state index in [0.717, 1.165) is 24.3 Å². The third-order valence-electron chi connectivity index (χ3n) is 2.69. The second kappa shape index (κ2) is 2.39. The highest BCUT2D eigenvalue weighted by atomic mass is 16.7. The zero-order valence-electron chi connectivity index (χ0n) is 7.25. The third kappa shape index (κ3) is 0.937. The number of fused-ring (bicyclic) bond motifs is 3. The first-order valence-electron chi connectivity index (χ1n) is 4.50. The number of hydrogen-bond donors (Lipinski definition) is 1. The summed E-state index contributed by atoms with van der Waals surface area (Å²) >= 11 is 0. The largest absolute Gasteiger partial charge is 0.454 e. The van der Waals surface area contributed by atoms with Gasteiger partial charge in [0.05, 0.1) is 0 Å². The number of nitrogens with two attached hydrogens (primary N) is 1. The molecule has 1 atom stereocenters. The van der Waals surface area contributed by atoms with E-state index in [2.05, 4.69) is 6.07 Å². The first-order valence-corrected chi connectivity index (χ1v) is 4.50. The van der Waals surface area contributed by atoms with Crippen molar-refractivity contribution >= 4 is 0 Å². The zero-order chi connectivity index (χ0) is 8.84. The van der Waals surface area contributed by atoms with Gasteiger partial charge in [-0.1, -0.05) is 6.07 Å². The van der Waals surface area contributed by atoms with Crippen LogP contribution in [0, 0.1) is 0 Å². The first kappa shape index (κ1) is 7.21. The van der Waals surface area contributed by atoms with E-state index in [1.807, 2.05) is 6.07 Å². The highest BCUT2D eigenvalue weighted by Gasteiger charge is 2.26. The normalized spacial score (nSPS) is 23.3. The topological polar surface area (TPSA) is 44.5 Å². The molecular weight excluding hydrogens is 166 g/mol. The summed E-state index contributed by atoms with van der Waals surface area (Å²) in [5.74, 6) is 1.79. The Morgan fingerprint density at radius 1 is 1.23 bits per heavy atom. The fraction of sp³-hybridized carbons (Fsp3) is 0.400. The maximum Gasteiger partial charge on any atom is 0.231 e. The van der Waals surface area contributed by atoms with Crippen molar-refractivity contribution in [1.82, 2.24) is 0 Å². The van der Waals surface area contributed by atoms with E-state index in [4.69, 9.17) is 15.2 Å². The van der Waals surface area contributed by atoms with Crippen molar-refractivity contribution in [2.24, 2.45) is 5.73 Å². The van der Waals surface area contributed by atoms with Gasteiger partial charge in [-0.15, -0.1) is 0 Å². The fourth-order valence-corrected chi connectivity index (χ4v) is 2.10. The summed E-state index contributed by atoms with van der Waals surface area (Å²) in [5.41, 5.74) is 8.45. The predicted molar refractivity (Wildman–Crippen MR) is 47.9 cm³/mol. The van der Waals surface area contributed by atoms with Gasteiger partial charge in [0.2, 0.25) is 6.79 Å². The Hall–Kier alpha value is -1.22. The minimum Gasteiger partial charge on any atom is -0.454 e. The van der Waals surface area contributed by atoms with E-state index in [1.165, 1.54) is 11.1 Å². The first-order chi connectivity index (χ1) is 6.34. The molecule has 1 aromatic rings. The molecule has 2 aliphatic rings. The van der Waals surface area contributed by atoms with Crippen molar-refractivity contribution in [2.75, 3.05) is 6.79 Å². The summed E-state index contributed by atoms with van der Waals surface area (Å²) in [4.78, 5) is 0. The quantitative estimate of drug-likeness (QED) is 0.638. The molecule has 3 heteroatoms. The lowest BCUT2D eigenvalue weighted by molar-refractivity contribution is 0.173. The van der Waals surface area contributed by atoms with Gasteiger partial charge in [-0.2, -0.15) is 0 Å².